The van der Waals surface area contributed by atoms with E-state index in [0.29, 0.717) is 12.1 Å². The van der Waals surface area contributed by atoms with Crippen molar-refractivity contribution < 1.29 is 0 Å². The molecule has 0 aliphatic carbocycles. The standard InChI is InChI=1S/C9H13N/c1-2-5-9-7-3-6-8(4-1)10-9/h1-3,6,8-10H,4-5,7H2/t8-,9+/m1/s1. The van der Waals surface area contributed by atoms with E-state index >= 15 is 0 Å². The topological polar surface area (TPSA) is 12.0 Å². The molecule has 2 heterocycles. The van der Waals surface area contributed by atoms with E-state index in [1.807, 2.05) is 0 Å². The molecule has 2 rings (SSSR count). The Morgan fingerprint density at radius 2 is 1.80 bits per heavy atom. The Kier molecular flexibility index (Phi) is 1.60. The van der Waals surface area contributed by atoms with Crippen LogP contribution in [0.15, 0.2) is 24.3 Å². The summed E-state index contributed by atoms with van der Waals surface area (Å²) in [5.74, 6) is 0. The minimum atomic E-state index is 0.623. The summed E-state index contributed by atoms with van der Waals surface area (Å²) in [7, 11) is 0. The first-order valence-electron chi connectivity index (χ1n) is 4.03. The van der Waals surface area contributed by atoms with E-state index in [1.165, 1.54) is 19.3 Å². The van der Waals surface area contributed by atoms with Crippen molar-refractivity contribution >= 4 is 0 Å². The molecule has 0 saturated carbocycles. The first-order valence-corrected chi connectivity index (χ1v) is 4.03. The zero-order valence-corrected chi connectivity index (χ0v) is 6.09. The van der Waals surface area contributed by atoms with Crippen molar-refractivity contribution in [2.24, 2.45) is 0 Å². The van der Waals surface area contributed by atoms with E-state index in [0.717, 1.165) is 0 Å². The molecule has 1 heteroatoms. The lowest BCUT2D eigenvalue weighted by atomic mass is 10.0. The smallest absolute Gasteiger partial charge is 0.0287 e. The van der Waals surface area contributed by atoms with Crippen LogP contribution in [0.5, 0.6) is 0 Å². The Bertz CT molecular complexity index is 170. The highest BCUT2D eigenvalue weighted by Gasteiger charge is 2.16. The predicted molar refractivity (Wildman–Crippen MR) is 42.8 cm³/mol. The van der Waals surface area contributed by atoms with E-state index in [-0.39, 0.29) is 0 Å². The highest BCUT2D eigenvalue weighted by Crippen LogP contribution is 2.14. The summed E-state index contributed by atoms with van der Waals surface area (Å²) in [6.07, 6.45) is 12.8. The first kappa shape index (κ1) is 6.17. The molecule has 0 saturated heterocycles. The van der Waals surface area contributed by atoms with Gasteiger partial charge in [0.2, 0.25) is 0 Å². The molecule has 2 aliphatic rings. The molecule has 0 aromatic carbocycles. The van der Waals surface area contributed by atoms with Gasteiger partial charge in [-0.25, -0.2) is 0 Å². The quantitative estimate of drug-likeness (QED) is 0.498. The summed E-state index contributed by atoms with van der Waals surface area (Å²) >= 11 is 0. The highest BCUT2D eigenvalue weighted by atomic mass is 15.0. The van der Waals surface area contributed by atoms with Crippen LogP contribution in [0.25, 0.3) is 0 Å². The maximum absolute atomic E-state index is 3.57. The molecule has 54 valence electrons. The lowest BCUT2D eigenvalue weighted by Gasteiger charge is -2.23. The Balaban J connectivity index is 2.14. The van der Waals surface area contributed by atoms with Crippen LogP contribution in [0.2, 0.25) is 0 Å². The van der Waals surface area contributed by atoms with Gasteiger partial charge in [0.05, 0.1) is 0 Å². The van der Waals surface area contributed by atoms with Gasteiger partial charge in [-0.2, -0.15) is 0 Å². The molecule has 0 amide bonds. The fourth-order valence-corrected chi connectivity index (χ4v) is 1.65. The van der Waals surface area contributed by atoms with Crippen LogP contribution in [0.1, 0.15) is 19.3 Å². The number of fused-ring (bicyclic) bond motifs is 2. The normalized spacial score (nSPS) is 37.6. The van der Waals surface area contributed by atoms with E-state index in [1.54, 1.807) is 0 Å². The summed E-state index contributed by atoms with van der Waals surface area (Å²) in [6, 6.07) is 1.34. The maximum Gasteiger partial charge on any atom is 0.0287 e. The van der Waals surface area contributed by atoms with Gasteiger partial charge in [-0.1, -0.05) is 24.3 Å². The highest BCUT2D eigenvalue weighted by molar-refractivity contribution is 5.08. The minimum absolute atomic E-state index is 0.623. The molecule has 0 unspecified atom stereocenters. The van der Waals surface area contributed by atoms with E-state index < -0.39 is 0 Å². The summed E-state index contributed by atoms with van der Waals surface area (Å²) in [5, 5.41) is 3.57. The second-order valence-electron chi connectivity index (χ2n) is 3.08. The van der Waals surface area contributed by atoms with Crippen molar-refractivity contribution in [2.75, 3.05) is 0 Å². The van der Waals surface area contributed by atoms with Gasteiger partial charge >= 0.3 is 0 Å². The van der Waals surface area contributed by atoms with Gasteiger partial charge in [-0.05, 0) is 19.3 Å². The molecule has 0 aromatic heterocycles. The third kappa shape index (κ3) is 1.14. The number of hydrogen-bond donors (Lipinski definition) is 1. The summed E-state index contributed by atoms with van der Waals surface area (Å²) < 4.78 is 0. The van der Waals surface area contributed by atoms with Crippen LogP contribution >= 0.6 is 0 Å². The van der Waals surface area contributed by atoms with Crippen LogP contribution in [0.3, 0.4) is 0 Å². The van der Waals surface area contributed by atoms with Gasteiger partial charge in [-0.15, -0.1) is 0 Å². The molecule has 1 nitrogen and oxygen atoms in total. The van der Waals surface area contributed by atoms with Gasteiger partial charge in [0.15, 0.2) is 0 Å². The number of hydrogen-bond acceptors (Lipinski definition) is 1. The third-order valence-electron chi connectivity index (χ3n) is 2.22. The fourth-order valence-electron chi connectivity index (χ4n) is 1.65. The second kappa shape index (κ2) is 2.59. The largest absolute Gasteiger partial charge is 0.307 e. The average Bonchev–Trinajstić information content (AvgIpc) is 2.12. The average molecular weight is 135 g/mol. The molecule has 2 aliphatic heterocycles. The lowest BCUT2D eigenvalue weighted by Crippen LogP contribution is -2.37. The summed E-state index contributed by atoms with van der Waals surface area (Å²) in [4.78, 5) is 0. The SMILES string of the molecule is C1=CC[C@@H]2C=CC[C@H](C1)N2. The zero-order valence-electron chi connectivity index (χ0n) is 6.09. The van der Waals surface area contributed by atoms with Crippen LogP contribution in [0, 0.1) is 0 Å². The van der Waals surface area contributed by atoms with Crippen molar-refractivity contribution in [3.05, 3.63) is 24.3 Å². The fraction of sp³-hybridized carbons (Fsp3) is 0.556. The van der Waals surface area contributed by atoms with Crippen LogP contribution in [-0.4, -0.2) is 12.1 Å². The molecular weight excluding hydrogens is 122 g/mol. The first-order chi connectivity index (χ1) is 4.95. The Labute approximate surface area is 61.8 Å². The van der Waals surface area contributed by atoms with Crippen molar-refractivity contribution in [3.63, 3.8) is 0 Å². The summed E-state index contributed by atoms with van der Waals surface area (Å²) in [5.41, 5.74) is 0. The lowest BCUT2D eigenvalue weighted by molar-refractivity contribution is 0.466. The Morgan fingerprint density at radius 1 is 1.00 bits per heavy atom. The number of rotatable bonds is 0. The van der Waals surface area contributed by atoms with Crippen LogP contribution < -0.4 is 5.32 Å². The molecule has 0 spiro atoms. The molecule has 2 bridgehead atoms. The third-order valence-corrected chi connectivity index (χ3v) is 2.22. The van der Waals surface area contributed by atoms with Gasteiger partial charge in [0.25, 0.3) is 0 Å². The van der Waals surface area contributed by atoms with Crippen molar-refractivity contribution in [1.29, 1.82) is 0 Å². The molecule has 10 heavy (non-hydrogen) atoms. The second-order valence-corrected chi connectivity index (χ2v) is 3.08. The maximum atomic E-state index is 3.57. The van der Waals surface area contributed by atoms with Crippen molar-refractivity contribution in [1.82, 2.24) is 5.32 Å². The molecule has 0 radical (unpaired) electrons. The summed E-state index contributed by atoms with van der Waals surface area (Å²) in [6.45, 7) is 0. The predicted octanol–water partition coefficient (Wildman–Crippen LogP) is 1.62. The Hall–Kier alpha value is -0.560. The monoisotopic (exact) mass is 135 g/mol. The van der Waals surface area contributed by atoms with E-state index in [2.05, 4.69) is 29.6 Å². The van der Waals surface area contributed by atoms with Gasteiger partial charge in [-0.3, -0.25) is 0 Å². The molecule has 0 aromatic rings. The zero-order chi connectivity index (χ0) is 6.81. The number of nitrogens with one attached hydrogen (secondary N) is 1. The van der Waals surface area contributed by atoms with E-state index in [4.69, 9.17) is 0 Å². The van der Waals surface area contributed by atoms with Gasteiger partial charge in [0, 0.05) is 12.1 Å². The molecule has 1 N–H and O–H groups in total. The van der Waals surface area contributed by atoms with Gasteiger partial charge < -0.3 is 5.32 Å². The molecule has 0 fully saturated rings. The van der Waals surface area contributed by atoms with Crippen molar-refractivity contribution in [3.8, 4) is 0 Å². The van der Waals surface area contributed by atoms with Crippen molar-refractivity contribution in [2.45, 2.75) is 31.3 Å². The Morgan fingerprint density at radius 3 is 2.80 bits per heavy atom. The molecular formula is C9H13N. The van der Waals surface area contributed by atoms with Gasteiger partial charge in [0.1, 0.15) is 0 Å². The van der Waals surface area contributed by atoms with Crippen LogP contribution in [-0.2, 0) is 0 Å². The van der Waals surface area contributed by atoms with Crippen LogP contribution in [0.4, 0.5) is 0 Å². The minimum Gasteiger partial charge on any atom is -0.307 e. The van der Waals surface area contributed by atoms with E-state index in [9.17, 15) is 0 Å². The molecule has 2 atom stereocenters.